The SMILES string of the molecule is Cc1ccc2snc(NC(=O)C(C)NC3CCCCC3)c2c1. The molecule has 22 heavy (non-hydrogen) atoms. The molecule has 1 atom stereocenters. The minimum absolute atomic E-state index is 0.000667. The first-order valence-electron chi connectivity index (χ1n) is 8.06. The average molecular weight is 317 g/mol. The molecule has 5 heteroatoms. The Labute approximate surface area is 135 Å². The van der Waals surface area contributed by atoms with Gasteiger partial charge < -0.3 is 10.6 Å². The summed E-state index contributed by atoms with van der Waals surface area (Å²) in [6.07, 6.45) is 6.21. The van der Waals surface area contributed by atoms with Crippen LogP contribution in [0.4, 0.5) is 5.82 Å². The first-order chi connectivity index (χ1) is 10.6. The van der Waals surface area contributed by atoms with Crippen LogP contribution in [0.5, 0.6) is 0 Å². The van der Waals surface area contributed by atoms with Crippen LogP contribution in [0.1, 0.15) is 44.6 Å². The Morgan fingerprint density at radius 2 is 2.09 bits per heavy atom. The van der Waals surface area contributed by atoms with Crippen molar-refractivity contribution < 1.29 is 4.79 Å². The van der Waals surface area contributed by atoms with E-state index in [-0.39, 0.29) is 11.9 Å². The monoisotopic (exact) mass is 317 g/mol. The van der Waals surface area contributed by atoms with E-state index in [2.05, 4.69) is 40.1 Å². The molecule has 1 fully saturated rings. The van der Waals surface area contributed by atoms with Gasteiger partial charge in [-0.2, -0.15) is 4.37 Å². The second kappa shape index (κ2) is 6.75. The van der Waals surface area contributed by atoms with Crippen molar-refractivity contribution in [3.8, 4) is 0 Å². The van der Waals surface area contributed by atoms with Gasteiger partial charge in [-0.05, 0) is 50.4 Å². The first-order valence-corrected chi connectivity index (χ1v) is 8.84. The van der Waals surface area contributed by atoms with E-state index >= 15 is 0 Å². The summed E-state index contributed by atoms with van der Waals surface area (Å²) in [6, 6.07) is 6.49. The van der Waals surface area contributed by atoms with Gasteiger partial charge in [-0.3, -0.25) is 4.79 Å². The van der Waals surface area contributed by atoms with Gasteiger partial charge in [0.05, 0.1) is 10.7 Å². The summed E-state index contributed by atoms with van der Waals surface area (Å²) in [5.41, 5.74) is 1.18. The zero-order valence-corrected chi connectivity index (χ0v) is 14.0. The van der Waals surface area contributed by atoms with E-state index in [4.69, 9.17) is 0 Å². The van der Waals surface area contributed by atoms with Crippen LogP contribution in [0.15, 0.2) is 18.2 Å². The minimum atomic E-state index is -0.190. The van der Waals surface area contributed by atoms with Crippen molar-refractivity contribution in [2.24, 2.45) is 0 Å². The maximum absolute atomic E-state index is 12.4. The topological polar surface area (TPSA) is 54.0 Å². The number of benzene rings is 1. The summed E-state index contributed by atoms with van der Waals surface area (Å²) in [4.78, 5) is 12.4. The molecule has 118 valence electrons. The summed E-state index contributed by atoms with van der Waals surface area (Å²) in [7, 11) is 0. The van der Waals surface area contributed by atoms with Crippen LogP contribution in [0.2, 0.25) is 0 Å². The smallest absolute Gasteiger partial charge is 0.242 e. The predicted molar refractivity (Wildman–Crippen MR) is 92.5 cm³/mol. The number of carbonyl (C=O) groups is 1. The molecule has 1 unspecified atom stereocenters. The summed E-state index contributed by atoms with van der Waals surface area (Å²) < 4.78 is 5.49. The van der Waals surface area contributed by atoms with Gasteiger partial charge in [0.15, 0.2) is 5.82 Å². The molecule has 1 amide bonds. The number of rotatable bonds is 4. The lowest BCUT2D eigenvalue weighted by molar-refractivity contribution is -0.118. The third-order valence-electron chi connectivity index (χ3n) is 4.35. The average Bonchev–Trinajstić information content (AvgIpc) is 2.90. The van der Waals surface area contributed by atoms with Crippen molar-refractivity contribution in [2.75, 3.05) is 5.32 Å². The number of fused-ring (bicyclic) bond motifs is 1. The lowest BCUT2D eigenvalue weighted by Crippen LogP contribution is -2.44. The van der Waals surface area contributed by atoms with Gasteiger partial charge in [0.2, 0.25) is 5.91 Å². The zero-order chi connectivity index (χ0) is 15.5. The summed E-state index contributed by atoms with van der Waals surface area (Å²) in [5.74, 6) is 0.685. The Bertz CT molecular complexity index is 661. The minimum Gasteiger partial charge on any atom is -0.308 e. The van der Waals surface area contributed by atoms with Crippen LogP contribution in [-0.4, -0.2) is 22.4 Å². The van der Waals surface area contributed by atoms with Crippen molar-refractivity contribution in [3.63, 3.8) is 0 Å². The second-order valence-electron chi connectivity index (χ2n) is 6.24. The molecule has 2 N–H and O–H groups in total. The Kier molecular flexibility index (Phi) is 4.74. The van der Waals surface area contributed by atoms with Gasteiger partial charge in [0.1, 0.15) is 0 Å². The highest BCUT2D eigenvalue weighted by atomic mass is 32.1. The lowest BCUT2D eigenvalue weighted by Gasteiger charge is -2.25. The maximum Gasteiger partial charge on any atom is 0.242 e. The molecular weight excluding hydrogens is 294 g/mol. The van der Waals surface area contributed by atoms with Gasteiger partial charge in [0, 0.05) is 11.4 Å². The van der Waals surface area contributed by atoms with Crippen molar-refractivity contribution in [3.05, 3.63) is 23.8 Å². The number of hydrogen-bond donors (Lipinski definition) is 2. The summed E-state index contributed by atoms with van der Waals surface area (Å²) in [6.45, 7) is 3.99. The molecule has 1 heterocycles. The Hall–Kier alpha value is -1.46. The third-order valence-corrected chi connectivity index (χ3v) is 5.18. The first kappa shape index (κ1) is 15.4. The fourth-order valence-corrected chi connectivity index (χ4v) is 3.78. The highest BCUT2D eigenvalue weighted by Crippen LogP contribution is 2.27. The molecule has 1 aromatic carbocycles. The van der Waals surface area contributed by atoms with E-state index in [9.17, 15) is 4.79 Å². The summed E-state index contributed by atoms with van der Waals surface area (Å²) >= 11 is 1.43. The molecular formula is C17H23N3OS. The Balaban J connectivity index is 1.65. The molecule has 0 bridgehead atoms. The number of aryl methyl sites for hydroxylation is 1. The number of nitrogens with zero attached hydrogens (tertiary/aromatic N) is 1. The van der Waals surface area contributed by atoms with E-state index in [0.29, 0.717) is 11.9 Å². The normalized spacial score (nSPS) is 17.5. The van der Waals surface area contributed by atoms with Gasteiger partial charge in [-0.1, -0.05) is 30.9 Å². The molecule has 2 aromatic rings. The van der Waals surface area contributed by atoms with Crippen LogP contribution < -0.4 is 10.6 Å². The van der Waals surface area contributed by atoms with E-state index in [0.717, 1.165) is 10.1 Å². The van der Waals surface area contributed by atoms with E-state index in [1.165, 1.54) is 49.2 Å². The predicted octanol–water partition coefficient (Wildman–Crippen LogP) is 3.85. The fourth-order valence-electron chi connectivity index (χ4n) is 3.07. The van der Waals surface area contributed by atoms with Crippen LogP contribution in [-0.2, 0) is 4.79 Å². The molecule has 0 radical (unpaired) electrons. The number of amides is 1. The largest absolute Gasteiger partial charge is 0.308 e. The highest BCUT2D eigenvalue weighted by Gasteiger charge is 2.20. The molecule has 4 nitrogen and oxygen atoms in total. The Morgan fingerprint density at radius 1 is 1.32 bits per heavy atom. The van der Waals surface area contributed by atoms with E-state index in [1.807, 2.05) is 6.92 Å². The van der Waals surface area contributed by atoms with Gasteiger partial charge >= 0.3 is 0 Å². The van der Waals surface area contributed by atoms with Crippen LogP contribution >= 0.6 is 11.5 Å². The van der Waals surface area contributed by atoms with Crippen LogP contribution in [0, 0.1) is 6.92 Å². The fraction of sp³-hybridized carbons (Fsp3) is 0.529. The van der Waals surface area contributed by atoms with Crippen molar-refractivity contribution in [2.45, 2.75) is 58.0 Å². The number of nitrogens with one attached hydrogen (secondary N) is 2. The Morgan fingerprint density at radius 3 is 2.86 bits per heavy atom. The third kappa shape index (κ3) is 3.47. The molecule has 3 rings (SSSR count). The van der Waals surface area contributed by atoms with Gasteiger partial charge in [-0.15, -0.1) is 0 Å². The van der Waals surface area contributed by atoms with E-state index in [1.54, 1.807) is 0 Å². The molecule has 1 aliphatic rings. The van der Waals surface area contributed by atoms with Crippen molar-refractivity contribution in [1.29, 1.82) is 0 Å². The van der Waals surface area contributed by atoms with Gasteiger partial charge in [-0.25, -0.2) is 0 Å². The highest BCUT2D eigenvalue weighted by molar-refractivity contribution is 7.13. The standard InChI is InChI=1S/C17H23N3OS/c1-11-8-9-15-14(10-11)16(20-22-15)19-17(21)12(2)18-13-6-4-3-5-7-13/h8-10,12-13,18H,3-7H2,1-2H3,(H,19,20,21). The van der Waals surface area contributed by atoms with Crippen LogP contribution in [0.25, 0.3) is 10.1 Å². The molecule has 0 aliphatic heterocycles. The van der Waals surface area contributed by atoms with E-state index < -0.39 is 0 Å². The molecule has 1 aliphatic carbocycles. The zero-order valence-electron chi connectivity index (χ0n) is 13.2. The quantitative estimate of drug-likeness (QED) is 0.900. The molecule has 0 saturated heterocycles. The molecule has 0 spiro atoms. The summed E-state index contributed by atoms with van der Waals surface area (Å²) in [5, 5.41) is 7.46. The number of hydrogen-bond acceptors (Lipinski definition) is 4. The number of carbonyl (C=O) groups excluding carboxylic acids is 1. The number of anilines is 1. The number of aromatic nitrogens is 1. The van der Waals surface area contributed by atoms with Crippen LogP contribution in [0.3, 0.4) is 0 Å². The van der Waals surface area contributed by atoms with Crippen molar-refractivity contribution >= 4 is 33.3 Å². The van der Waals surface area contributed by atoms with Crippen molar-refractivity contribution in [1.82, 2.24) is 9.69 Å². The second-order valence-corrected chi connectivity index (χ2v) is 7.05. The lowest BCUT2D eigenvalue weighted by atomic mass is 9.95. The molecule has 1 aromatic heterocycles. The maximum atomic E-state index is 12.4. The van der Waals surface area contributed by atoms with Gasteiger partial charge in [0.25, 0.3) is 0 Å². The molecule has 1 saturated carbocycles.